The van der Waals surface area contributed by atoms with Crippen LogP contribution in [0.3, 0.4) is 0 Å². The van der Waals surface area contributed by atoms with Gasteiger partial charge in [-0.1, -0.05) is 0 Å². The maximum atomic E-state index is 11.0. The van der Waals surface area contributed by atoms with Gasteiger partial charge in [-0.2, -0.15) is 0 Å². The highest BCUT2D eigenvalue weighted by atomic mass is 16.5. The van der Waals surface area contributed by atoms with Crippen molar-refractivity contribution in [3.8, 4) is 0 Å². The van der Waals surface area contributed by atoms with Gasteiger partial charge in [0.1, 0.15) is 5.82 Å². The Morgan fingerprint density at radius 1 is 1.72 bits per heavy atom. The lowest BCUT2D eigenvalue weighted by molar-refractivity contribution is -0.0117. The molecule has 0 aliphatic carbocycles. The standard InChI is InChI=1S/C12H18N4O2/c1-16-4-5-18-10(8-16)7-15-11-6-9(12(13)17)2-3-14-11/h2-3,6,10H,4-5,7-8H2,1H3,(H2,13,17)(H,14,15)/t10-/m0/s1. The molecule has 0 saturated carbocycles. The maximum absolute atomic E-state index is 11.0. The summed E-state index contributed by atoms with van der Waals surface area (Å²) in [5.41, 5.74) is 5.67. The molecule has 98 valence electrons. The van der Waals surface area contributed by atoms with Gasteiger partial charge in [-0.15, -0.1) is 0 Å². The average Bonchev–Trinajstić information content (AvgIpc) is 2.37. The number of nitrogens with one attached hydrogen (secondary N) is 1. The van der Waals surface area contributed by atoms with E-state index in [1.807, 2.05) is 0 Å². The lowest BCUT2D eigenvalue weighted by Crippen LogP contribution is -2.43. The van der Waals surface area contributed by atoms with Crippen molar-refractivity contribution in [3.05, 3.63) is 23.9 Å². The zero-order valence-corrected chi connectivity index (χ0v) is 10.4. The summed E-state index contributed by atoms with van der Waals surface area (Å²) in [6.07, 6.45) is 1.71. The van der Waals surface area contributed by atoms with E-state index in [0.717, 1.165) is 19.7 Å². The number of nitrogens with zero attached hydrogens (tertiary/aromatic N) is 2. The lowest BCUT2D eigenvalue weighted by Gasteiger charge is -2.30. The Morgan fingerprint density at radius 3 is 3.28 bits per heavy atom. The zero-order valence-electron chi connectivity index (χ0n) is 10.4. The van der Waals surface area contributed by atoms with Gasteiger partial charge in [0.15, 0.2) is 0 Å². The van der Waals surface area contributed by atoms with E-state index >= 15 is 0 Å². The van der Waals surface area contributed by atoms with Crippen LogP contribution in [-0.2, 0) is 4.74 Å². The minimum absolute atomic E-state index is 0.141. The molecule has 1 fully saturated rings. The van der Waals surface area contributed by atoms with Crippen molar-refractivity contribution in [2.75, 3.05) is 38.6 Å². The molecule has 0 aromatic carbocycles. The smallest absolute Gasteiger partial charge is 0.248 e. The summed E-state index contributed by atoms with van der Waals surface area (Å²) >= 11 is 0. The molecule has 1 aromatic heterocycles. The number of carbonyl (C=O) groups excluding carboxylic acids is 1. The summed E-state index contributed by atoms with van der Waals surface area (Å²) in [5.74, 6) is 0.192. The fourth-order valence-electron chi connectivity index (χ4n) is 1.89. The van der Waals surface area contributed by atoms with Crippen molar-refractivity contribution in [3.63, 3.8) is 0 Å². The Bertz CT molecular complexity index is 424. The van der Waals surface area contributed by atoms with E-state index < -0.39 is 5.91 Å². The first-order valence-electron chi connectivity index (χ1n) is 5.95. The number of amides is 1. The lowest BCUT2D eigenvalue weighted by atomic mass is 10.2. The molecule has 6 heteroatoms. The predicted octanol–water partition coefficient (Wildman–Crippen LogP) is -0.0770. The van der Waals surface area contributed by atoms with Gasteiger partial charge in [0.25, 0.3) is 0 Å². The predicted molar refractivity (Wildman–Crippen MR) is 68.5 cm³/mol. The molecule has 18 heavy (non-hydrogen) atoms. The van der Waals surface area contributed by atoms with Crippen molar-refractivity contribution < 1.29 is 9.53 Å². The summed E-state index contributed by atoms with van der Waals surface area (Å²) in [7, 11) is 2.07. The molecule has 2 heterocycles. The highest BCUT2D eigenvalue weighted by molar-refractivity contribution is 5.93. The average molecular weight is 250 g/mol. The molecule has 0 unspecified atom stereocenters. The molecule has 1 saturated heterocycles. The van der Waals surface area contributed by atoms with Gasteiger partial charge in [0, 0.05) is 31.4 Å². The third-order valence-corrected chi connectivity index (χ3v) is 2.90. The molecule has 1 amide bonds. The van der Waals surface area contributed by atoms with E-state index in [1.54, 1.807) is 18.3 Å². The SMILES string of the molecule is CN1CCO[C@@H](CNc2cc(C(N)=O)ccn2)C1. The number of hydrogen-bond donors (Lipinski definition) is 2. The number of rotatable bonds is 4. The van der Waals surface area contributed by atoms with Crippen LogP contribution in [0.4, 0.5) is 5.82 Å². The Morgan fingerprint density at radius 2 is 2.56 bits per heavy atom. The molecule has 0 spiro atoms. The Hall–Kier alpha value is -1.66. The van der Waals surface area contributed by atoms with Gasteiger partial charge in [0.05, 0.1) is 12.7 Å². The zero-order chi connectivity index (χ0) is 13.0. The van der Waals surface area contributed by atoms with E-state index in [0.29, 0.717) is 17.9 Å². The number of likely N-dealkylation sites (N-methyl/N-ethyl adjacent to an activating group) is 1. The second-order valence-electron chi connectivity index (χ2n) is 4.43. The number of nitrogens with two attached hydrogens (primary N) is 1. The van der Waals surface area contributed by atoms with Crippen LogP contribution < -0.4 is 11.1 Å². The topological polar surface area (TPSA) is 80.5 Å². The van der Waals surface area contributed by atoms with Gasteiger partial charge < -0.3 is 20.7 Å². The fourth-order valence-corrected chi connectivity index (χ4v) is 1.89. The largest absolute Gasteiger partial charge is 0.374 e. The molecule has 0 radical (unpaired) electrons. The van der Waals surface area contributed by atoms with Gasteiger partial charge in [-0.05, 0) is 19.2 Å². The Labute approximate surface area is 106 Å². The number of ether oxygens (including phenoxy) is 1. The van der Waals surface area contributed by atoms with E-state index in [9.17, 15) is 4.79 Å². The van der Waals surface area contributed by atoms with Crippen LogP contribution in [0, 0.1) is 0 Å². The Kier molecular flexibility index (Phi) is 4.11. The molecular formula is C12H18N4O2. The minimum Gasteiger partial charge on any atom is -0.374 e. The fraction of sp³-hybridized carbons (Fsp3) is 0.500. The molecule has 1 aliphatic rings. The second-order valence-corrected chi connectivity index (χ2v) is 4.43. The number of pyridine rings is 1. The number of primary amides is 1. The van der Waals surface area contributed by atoms with E-state index in [1.165, 1.54) is 0 Å². The van der Waals surface area contributed by atoms with Gasteiger partial charge in [-0.3, -0.25) is 4.79 Å². The van der Waals surface area contributed by atoms with Crippen LogP contribution in [0.1, 0.15) is 10.4 Å². The quantitative estimate of drug-likeness (QED) is 0.781. The van der Waals surface area contributed by atoms with Crippen LogP contribution in [-0.4, -0.2) is 55.2 Å². The van der Waals surface area contributed by atoms with Crippen molar-refractivity contribution in [1.82, 2.24) is 9.88 Å². The molecule has 6 nitrogen and oxygen atoms in total. The van der Waals surface area contributed by atoms with Crippen molar-refractivity contribution in [2.45, 2.75) is 6.10 Å². The number of anilines is 1. The number of morpholine rings is 1. The van der Waals surface area contributed by atoms with E-state index in [-0.39, 0.29) is 6.10 Å². The van der Waals surface area contributed by atoms with Gasteiger partial charge in [-0.25, -0.2) is 4.98 Å². The molecule has 2 rings (SSSR count). The first-order chi connectivity index (χ1) is 8.65. The van der Waals surface area contributed by atoms with E-state index in [4.69, 9.17) is 10.5 Å². The molecule has 1 aromatic rings. The summed E-state index contributed by atoms with van der Waals surface area (Å²) in [6, 6.07) is 3.24. The van der Waals surface area contributed by atoms with Crippen molar-refractivity contribution >= 4 is 11.7 Å². The number of hydrogen-bond acceptors (Lipinski definition) is 5. The highest BCUT2D eigenvalue weighted by Gasteiger charge is 2.17. The normalized spacial score (nSPS) is 20.6. The maximum Gasteiger partial charge on any atom is 0.248 e. The molecule has 0 bridgehead atoms. The van der Waals surface area contributed by atoms with Crippen LogP contribution in [0.15, 0.2) is 18.3 Å². The molecular weight excluding hydrogens is 232 g/mol. The van der Waals surface area contributed by atoms with Crippen LogP contribution in [0.5, 0.6) is 0 Å². The van der Waals surface area contributed by atoms with Gasteiger partial charge >= 0.3 is 0 Å². The summed E-state index contributed by atoms with van der Waals surface area (Å²) in [5, 5.41) is 3.16. The monoisotopic (exact) mass is 250 g/mol. The van der Waals surface area contributed by atoms with Crippen molar-refractivity contribution in [2.24, 2.45) is 5.73 Å². The highest BCUT2D eigenvalue weighted by Crippen LogP contribution is 2.08. The molecule has 1 aliphatic heterocycles. The summed E-state index contributed by atoms with van der Waals surface area (Å²) < 4.78 is 5.62. The third kappa shape index (κ3) is 3.41. The first-order valence-corrected chi connectivity index (χ1v) is 5.95. The third-order valence-electron chi connectivity index (χ3n) is 2.90. The van der Waals surface area contributed by atoms with Crippen LogP contribution in [0.25, 0.3) is 0 Å². The summed E-state index contributed by atoms with van der Waals surface area (Å²) in [4.78, 5) is 17.4. The van der Waals surface area contributed by atoms with Crippen LogP contribution >= 0.6 is 0 Å². The minimum atomic E-state index is -0.450. The molecule has 1 atom stereocenters. The molecule has 3 N–H and O–H groups in total. The van der Waals surface area contributed by atoms with E-state index in [2.05, 4.69) is 22.2 Å². The Balaban J connectivity index is 1.89. The number of carbonyl (C=O) groups is 1. The van der Waals surface area contributed by atoms with Crippen LogP contribution in [0.2, 0.25) is 0 Å². The first kappa shape index (κ1) is 12.8. The number of aromatic nitrogens is 1. The second kappa shape index (κ2) is 5.79. The van der Waals surface area contributed by atoms with Crippen molar-refractivity contribution in [1.29, 1.82) is 0 Å². The summed E-state index contributed by atoms with van der Waals surface area (Å²) in [6.45, 7) is 3.27. The van der Waals surface area contributed by atoms with Gasteiger partial charge in [0.2, 0.25) is 5.91 Å².